The van der Waals surface area contributed by atoms with Crippen LogP contribution >= 0.6 is 0 Å². The van der Waals surface area contributed by atoms with E-state index < -0.39 is 11.7 Å². The van der Waals surface area contributed by atoms with Crippen LogP contribution in [0, 0.1) is 6.92 Å². The molecular weight excluding hydrogens is 391 g/mol. The molecule has 0 saturated heterocycles. The normalized spacial score (nSPS) is 11.3. The van der Waals surface area contributed by atoms with Gasteiger partial charge in [0.2, 0.25) is 0 Å². The third-order valence-corrected chi connectivity index (χ3v) is 4.73. The Morgan fingerprint density at radius 1 is 1.17 bits per heavy atom. The van der Waals surface area contributed by atoms with Crippen LogP contribution in [0.25, 0.3) is 0 Å². The van der Waals surface area contributed by atoms with E-state index in [-0.39, 0.29) is 24.6 Å². The number of hydrogen-bond acceptors (Lipinski definition) is 2. The lowest BCUT2D eigenvalue weighted by atomic mass is 10.1. The Balaban J connectivity index is 1.84. The molecular formula is C23H22F3N3O. The predicted octanol–water partition coefficient (Wildman–Crippen LogP) is 5.09. The van der Waals surface area contributed by atoms with Crippen LogP contribution in [0.15, 0.2) is 73.6 Å². The predicted molar refractivity (Wildman–Crippen MR) is 109 cm³/mol. The molecule has 0 aliphatic rings. The first kappa shape index (κ1) is 21.4. The summed E-state index contributed by atoms with van der Waals surface area (Å²) in [6.45, 7) is 6.09. The Hall–Kier alpha value is -3.35. The molecule has 30 heavy (non-hydrogen) atoms. The van der Waals surface area contributed by atoms with Gasteiger partial charge < -0.3 is 9.47 Å². The van der Waals surface area contributed by atoms with Crippen molar-refractivity contribution < 1.29 is 18.0 Å². The fourth-order valence-electron chi connectivity index (χ4n) is 3.18. The number of carbonyl (C=O) groups excluding carboxylic acids is 1. The molecule has 0 atom stereocenters. The number of imidazole rings is 1. The van der Waals surface area contributed by atoms with Crippen LogP contribution in [-0.4, -0.2) is 26.9 Å². The summed E-state index contributed by atoms with van der Waals surface area (Å²) in [5, 5.41) is 0. The van der Waals surface area contributed by atoms with Crippen LogP contribution in [0.4, 0.5) is 13.2 Å². The van der Waals surface area contributed by atoms with Gasteiger partial charge in [0, 0.05) is 31.0 Å². The maximum atomic E-state index is 13.3. The maximum Gasteiger partial charge on any atom is 0.416 e. The van der Waals surface area contributed by atoms with E-state index in [1.807, 2.05) is 19.1 Å². The number of benzene rings is 2. The number of halogens is 3. The second-order valence-corrected chi connectivity index (χ2v) is 6.97. The third-order valence-electron chi connectivity index (χ3n) is 4.73. The summed E-state index contributed by atoms with van der Waals surface area (Å²) in [7, 11) is 0. The number of amides is 1. The standard InChI is InChI=1S/C23H22F3N3O/c1-3-13-29(22(30)18-10-8-17(2)9-11-18)16-21-27-12-14-28(21)15-19-6-4-5-7-20(19)23(24,25)26/h3-12,14H,1,13,15-16H2,2H3. The lowest BCUT2D eigenvalue weighted by Crippen LogP contribution is -2.32. The average molecular weight is 413 g/mol. The third kappa shape index (κ3) is 4.97. The second-order valence-electron chi connectivity index (χ2n) is 6.97. The van der Waals surface area contributed by atoms with Crippen LogP contribution in [-0.2, 0) is 19.3 Å². The second kappa shape index (κ2) is 8.98. The van der Waals surface area contributed by atoms with Gasteiger partial charge in [-0.05, 0) is 30.7 Å². The number of aromatic nitrogens is 2. The van der Waals surface area contributed by atoms with Crippen molar-refractivity contribution >= 4 is 5.91 Å². The van der Waals surface area contributed by atoms with Gasteiger partial charge >= 0.3 is 6.18 Å². The molecule has 3 rings (SSSR count). The van der Waals surface area contributed by atoms with Crippen LogP contribution in [0.5, 0.6) is 0 Å². The van der Waals surface area contributed by atoms with Crippen molar-refractivity contribution in [2.24, 2.45) is 0 Å². The van der Waals surface area contributed by atoms with E-state index in [4.69, 9.17) is 0 Å². The van der Waals surface area contributed by atoms with Crippen molar-refractivity contribution in [2.75, 3.05) is 6.54 Å². The molecule has 0 unspecified atom stereocenters. The SMILES string of the molecule is C=CCN(Cc1nccn1Cc1ccccc1C(F)(F)F)C(=O)c1ccc(C)cc1. The number of nitrogens with zero attached hydrogens (tertiary/aromatic N) is 3. The zero-order valence-electron chi connectivity index (χ0n) is 16.6. The van der Waals surface area contributed by atoms with Crippen molar-refractivity contribution in [1.29, 1.82) is 0 Å². The Bertz CT molecular complexity index is 1020. The van der Waals surface area contributed by atoms with E-state index in [1.165, 1.54) is 18.3 Å². The molecule has 0 aliphatic heterocycles. The largest absolute Gasteiger partial charge is 0.416 e. The molecule has 1 heterocycles. The lowest BCUT2D eigenvalue weighted by Gasteiger charge is -2.22. The molecule has 3 aromatic rings. The molecule has 0 N–H and O–H groups in total. The summed E-state index contributed by atoms with van der Waals surface area (Å²) in [6, 6.07) is 12.7. The van der Waals surface area contributed by atoms with Crippen molar-refractivity contribution in [3.63, 3.8) is 0 Å². The molecule has 0 aliphatic carbocycles. The maximum absolute atomic E-state index is 13.3. The molecule has 0 bridgehead atoms. The molecule has 0 spiro atoms. The highest BCUT2D eigenvalue weighted by atomic mass is 19.4. The summed E-state index contributed by atoms with van der Waals surface area (Å²) in [5.74, 6) is 0.300. The highest BCUT2D eigenvalue weighted by Gasteiger charge is 2.33. The van der Waals surface area contributed by atoms with Gasteiger partial charge in [0.05, 0.1) is 12.1 Å². The summed E-state index contributed by atoms with van der Waals surface area (Å²) in [4.78, 5) is 18.8. The topological polar surface area (TPSA) is 38.1 Å². The average Bonchev–Trinajstić information content (AvgIpc) is 3.14. The fourth-order valence-corrected chi connectivity index (χ4v) is 3.18. The van der Waals surface area contributed by atoms with E-state index in [0.717, 1.165) is 11.6 Å². The summed E-state index contributed by atoms with van der Waals surface area (Å²) in [5.41, 5.74) is 1.04. The monoisotopic (exact) mass is 413 g/mol. The van der Waals surface area contributed by atoms with E-state index in [2.05, 4.69) is 11.6 Å². The Labute approximate surface area is 173 Å². The van der Waals surface area contributed by atoms with Gasteiger partial charge in [0.15, 0.2) is 0 Å². The lowest BCUT2D eigenvalue weighted by molar-refractivity contribution is -0.138. The zero-order chi connectivity index (χ0) is 21.7. The quantitative estimate of drug-likeness (QED) is 0.506. The first-order chi connectivity index (χ1) is 14.3. The summed E-state index contributed by atoms with van der Waals surface area (Å²) < 4.78 is 41.6. The molecule has 0 fully saturated rings. The Kier molecular flexibility index (Phi) is 6.40. The number of alkyl halides is 3. The van der Waals surface area contributed by atoms with Gasteiger partial charge in [0.1, 0.15) is 5.82 Å². The van der Waals surface area contributed by atoms with Crippen molar-refractivity contribution in [3.8, 4) is 0 Å². The molecule has 7 heteroatoms. The minimum absolute atomic E-state index is 0.00562. The molecule has 4 nitrogen and oxygen atoms in total. The molecule has 156 valence electrons. The van der Waals surface area contributed by atoms with Gasteiger partial charge in [-0.3, -0.25) is 4.79 Å². The molecule has 2 aromatic carbocycles. The molecule has 0 saturated carbocycles. The van der Waals surface area contributed by atoms with Gasteiger partial charge in [-0.2, -0.15) is 13.2 Å². The fraction of sp³-hybridized carbons (Fsp3) is 0.217. The van der Waals surface area contributed by atoms with Crippen LogP contribution in [0.2, 0.25) is 0 Å². The van der Waals surface area contributed by atoms with Gasteiger partial charge in [-0.25, -0.2) is 4.98 Å². The van der Waals surface area contributed by atoms with Gasteiger partial charge in [-0.15, -0.1) is 6.58 Å². The van der Waals surface area contributed by atoms with E-state index in [1.54, 1.807) is 39.9 Å². The first-order valence-electron chi connectivity index (χ1n) is 9.41. The Morgan fingerprint density at radius 2 is 1.87 bits per heavy atom. The number of hydrogen-bond donors (Lipinski definition) is 0. The number of aryl methyl sites for hydroxylation is 1. The Morgan fingerprint density at radius 3 is 2.53 bits per heavy atom. The molecule has 0 radical (unpaired) electrons. The minimum Gasteiger partial charge on any atom is -0.329 e. The van der Waals surface area contributed by atoms with Gasteiger partial charge in [-0.1, -0.05) is 42.0 Å². The smallest absolute Gasteiger partial charge is 0.329 e. The number of rotatable bonds is 7. The minimum atomic E-state index is -4.44. The molecule has 1 amide bonds. The molecule has 1 aromatic heterocycles. The zero-order valence-corrected chi connectivity index (χ0v) is 16.6. The van der Waals surface area contributed by atoms with Gasteiger partial charge in [0.25, 0.3) is 5.91 Å². The van der Waals surface area contributed by atoms with Crippen molar-refractivity contribution in [2.45, 2.75) is 26.2 Å². The van der Waals surface area contributed by atoms with Crippen LogP contribution in [0.3, 0.4) is 0 Å². The summed E-state index contributed by atoms with van der Waals surface area (Å²) in [6.07, 6.45) is 0.310. The van der Waals surface area contributed by atoms with Crippen molar-refractivity contribution in [3.05, 3.63) is 102 Å². The first-order valence-corrected chi connectivity index (χ1v) is 9.41. The van der Waals surface area contributed by atoms with E-state index in [0.29, 0.717) is 17.9 Å². The van der Waals surface area contributed by atoms with E-state index >= 15 is 0 Å². The van der Waals surface area contributed by atoms with Crippen LogP contribution in [0.1, 0.15) is 32.9 Å². The highest BCUT2D eigenvalue weighted by Crippen LogP contribution is 2.32. The highest BCUT2D eigenvalue weighted by molar-refractivity contribution is 5.94. The van der Waals surface area contributed by atoms with E-state index in [9.17, 15) is 18.0 Å². The number of carbonyl (C=O) groups is 1. The van der Waals surface area contributed by atoms with Crippen LogP contribution < -0.4 is 0 Å². The summed E-state index contributed by atoms with van der Waals surface area (Å²) >= 11 is 0. The van der Waals surface area contributed by atoms with Crippen molar-refractivity contribution in [1.82, 2.24) is 14.5 Å².